The Kier molecular flexibility index (Phi) is 3.66. The fourth-order valence-corrected chi connectivity index (χ4v) is 3.46. The van der Waals surface area contributed by atoms with Gasteiger partial charge in [0.25, 0.3) is 5.91 Å². The third-order valence-corrected chi connectivity index (χ3v) is 4.61. The lowest BCUT2D eigenvalue weighted by Crippen LogP contribution is -2.38. The number of hydrogen-bond donors (Lipinski definition) is 1. The van der Waals surface area contributed by atoms with Crippen LogP contribution in [0.5, 0.6) is 5.75 Å². The number of fused-ring (bicyclic) bond motifs is 1. The number of carbonyl (C=O) groups is 1. The molecule has 0 radical (unpaired) electrons. The number of amides is 1. The molecule has 2 aliphatic rings. The van der Waals surface area contributed by atoms with Crippen LogP contribution in [0.2, 0.25) is 0 Å². The molecule has 20 heavy (non-hydrogen) atoms. The summed E-state index contributed by atoms with van der Waals surface area (Å²) in [4.78, 5) is 14.7. The fourth-order valence-electron chi connectivity index (χ4n) is 3.46. The van der Waals surface area contributed by atoms with Crippen LogP contribution in [0.4, 0.5) is 0 Å². The summed E-state index contributed by atoms with van der Waals surface area (Å²) >= 11 is 0. The highest BCUT2D eigenvalue weighted by Gasteiger charge is 2.43. The summed E-state index contributed by atoms with van der Waals surface area (Å²) < 4.78 is 5.41. The zero-order valence-electron chi connectivity index (χ0n) is 12.1. The molecule has 1 N–H and O–H groups in total. The Labute approximate surface area is 120 Å². The van der Waals surface area contributed by atoms with E-state index in [1.54, 1.807) is 0 Å². The number of nitrogens with zero attached hydrogens (tertiary/aromatic N) is 1. The molecule has 1 aromatic rings. The number of hydrogen-bond acceptors (Lipinski definition) is 3. The van der Waals surface area contributed by atoms with Crippen LogP contribution in [0.25, 0.3) is 0 Å². The maximum Gasteiger partial charge on any atom is 0.254 e. The summed E-state index contributed by atoms with van der Waals surface area (Å²) in [6.45, 7) is 7.74. The first-order valence-electron chi connectivity index (χ1n) is 7.45. The molecule has 3 rings (SSSR count). The van der Waals surface area contributed by atoms with E-state index in [1.807, 2.05) is 36.1 Å². The summed E-state index contributed by atoms with van der Waals surface area (Å²) in [6, 6.07) is 7.81. The second kappa shape index (κ2) is 5.44. The van der Waals surface area contributed by atoms with E-state index in [9.17, 15) is 4.79 Å². The molecule has 3 atom stereocenters. The van der Waals surface area contributed by atoms with E-state index in [4.69, 9.17) is 4.74 Å². The summed E-state index contributed by atoms with van der Waals surface area (Å²) in [7, 11) is 0. The third-order valence-electron chi connectivity index (χ3n) is 4.61. The molecule has 0 bridgehead atoms. The lowest BCUT2D eigenvalue weighted by molar-refractivity contribution is 0.0728. The highest BCUT2D eigenvalue weighted by molar-refractivity contribution is 5.94. The van der Waals surface area contributed by atoms with Crippen molar-refractivity contribution in [2.75, 3.05) is 26.2 Å². The van der Waals surface area contributed by atoms with E-state index >= 15 is 0 Å². The fraction of sp³-hybridized carbons (Fsp3) is 0.562. The lowest BCUT2D eigenvalue weighted by Gasteiger charge is -2.24. The van der Waals surface area contributed by atoms with Gasteiger partial charge in [0.1, 0.15) is 5.75 Å². The maximum absolute atomic E-state index is 12.6. The molecule has 0 aliphatic carbocycles. The van der Waals surface area contributed by atoms with Crippen LogP contribution in [0.3, 0.4) is 0 Å². The van der Waals surface area contributed by atoms with Gasteiger partial charge in [-0.25, -0.2) is 0 Å². The van der Waals surface area contributed by atoms with Crippen molar-refractivity contribution in [3.8, 4) is 5.75 Å². The van der Waals surface area contributed by atoms with Gasteiger partial charge in [-0.2, -0.15) is 0 Å². The summed E-state index contributed by atoms with van der Waals surface area (Å²) in [5.41, 5.74) is 0.758. The molecular formula is C16H22N2O2. The van der Waals surface area contributed by atoms with Gasteiger partial charge in [-0.3, -0.25) is 4.79 Å². The standard InChI is InChI=1S/C16H22N2O2/c1-3-20-14-6-4-12(5-7-14)16(19)18-10-13-8-17-9-15(13)11(18)2/h4-7,11,13,15,17H,3,8-10H2,1-2H3. The molecule has 1 amide bonds. The Morgan fingerprint density at radius 1 is 1.35 bits per heavy atom. The molecule has 2 aliphatic heterocycles. The van der Waals surface area contributed by atoms with E-state index in [0.29, 0.717) is 24.5 Å². The maximum atomic E-state index is 12.6. The number of rotatable bonds is 3. The predicted octanol–water partition coefficient (Wildman–Crippen LogP) is 1.77. The van der Waals surface area contributed by atoms with E-state index < -0.39 is 0 Å². The van der Waals surface area contributed by atoms with Crippen molar-refractivity contribution in [3.05, 3.63) is 29.8 Å². The monoisotopic (exact) mass is 274 g/mol. The lowest BCUT2D eigenvalue weighted by atomic mass is 9.95. The van der Waals surface area contributed by atoms with Crippen molar-refractivity contribution >= 4 is 5.91 Å². The molecule has 1 aromatic carbocycles. The zero-order valence-corrected chi connectivity index (χ0v) is 12.1. The molecule has 0 spiro atoms. The molecule has 2 heterocycles. The molecule has 0 aromatic heterocycles. The number of nitrogens with one attached hydrogen (secondary N) is 1. The van der Waals surface area contributed by atoms with Crippen LogP contribution < -0.4 is 10.1 Å². The molecule has 2 saturated heterocycles. The average Bonchev–Trinajstić information content (AvgIpc) is 3.03. The molecule has 2 fully saturated rings. The van der Waals surface area contributed by atoms with Gasteiger partial charge in [-0.15, -0.1) is 0 Å². The highest BCUT2D eigenvalue weighted by atomic mass is 16.5. The Balaban J connectivity index is 1.72. The number of benzene rings is 1. The number of likely N-dealkylation sites (tertiary alicyclic amines) is 1. The second-order valence-corrected chi connectivity index (χ2v) is 5.74. The van der Waals surface area contributed by atoms with E-state index in [1.165, 1.54) is 0 Å². The van der Waals surface area contributed by atoms with E-state index in [0.717, 1.165) is 30.9 Å². The zero-order chi connectivity index (χ0) is 14.1. The van der Waals surface area contributed by atoms with Crippen LogP contribution in [0, 0.1) is 11.8 Å². The topological polar surface area (TPSA) is 41.6 Å². The first-order valence-corrected chi connectivity index (χ1v) is 7.45. The van der Waals surface area contributed by atoms with Crippen LogP contribution in [-0.2, 0) is 0 Å². The summed E-state index contributed by atoms with van der Waals surface area (Å²) in [6.07, 6.45) is 0. The van der Waals surface area contributed by atoms with Gasteiger partial charge in [0.2, 0.25) is 0 Å². The summed E-state index contributed by atoms with van der Waals surface area (Å²) in [5, 5.41) is 3.42. The highest BCUT2D eigenvalue weighted by Crippen LogP contribution is 2.33. The quantitative estimate of drug-likeness (QED) is 0.913. The molecular weight excluding hydrogens is 252 g/mol. The normalized spacial score (nSPS) is 28.5. The number of ether oxygens (including phenoxy) is 1. The predicted molar refractivity (Wildman–Crippen MR) is 78.0 cm³/mol. The van der Waals surface area contributed by atoms with Crippen LogP contribution in [0.15, 0.2) is 24.3 Å². The smallest absolute Gasteiger partial charge is 0.254 e. The average molecular weight is 274 g/mol. The van der Waals surface area contributed by atoms with Crippen LogP contribution >= 0.6 is 0 Å². The second-order valence-electron chi connectivity index (χ2n) is 5.74. The largest absolute Gasteiger partial charge is 0.494 e. The van der Waals surface area contributed by atoms with Crippen LogP contribution in [0.1, 0.15) is 24.2 Å². The minimum absolute atomic E-state index is 0.148. The molecule has 4 heteroatoms. The van der Waals surface area contributed by atoms with Crippen molar-refractivity contribution in [2.45, 2.75) is 19.9 Å². The number of carbonyl (C=O) groups excluding carboxylic acids is 1. The minimum Gasteiger partial charge on any atom is -0.494 e. The van der Waals surface area contributed by atoms with Gasteiger partial charge >= 0.3 is 0 Å². The van der Waals surface area contributed by atoms with Crippen molar-refractivity contribution < 1.29 is 9.53 Å². The Morgan fingerprint density at radius 3 is 2.75 bits per heavy atom. The first kappa shape index (κ1) is 13.4. The molecule has 108 valence electrons. The van der Waals surface area contributed by atoms with Gasteiger partial charge in [0.05, 0.1) is 6.61 Å². The molecule has 3 unspecified atom stereocenters. The SMILES string of the molecule is CCOc1ccc(C(=O)N2CC3CNCC3C2C)cc1. The van der Waals surface area contributed by atoms with E-state index in [2.05, 4.69) is 12.2 Å². The van der Waals surface area contributed by atoms with Crippen molar-refractivity contribution in [2.24, 2.45) is 11.8 Å². The van der Waals surface area contributed by atoms with Gasteiger partial charge in [0.15, 0.2) is 0 Å². The Morgan fingerprint density at radius 2 is 2.10 bits per heavy atom. The van der Waals surface area contributed by atoms with Crippen molar-refractivity contribution in [1.29, 1.82) is 0 Å². The molecule has 4 nitrogen and oxygen atoms in total. The van der Waals surface area contributed by atoms with Crippen molar-refractivity contribution in [3.63, 3.8) is 0 Å². The summed E-state index contributed by atoms with van der Waals surface area (Å²) in [5.74, 6) is 2.20. The van der Waals surface area contributed by atoms with Crippen LogP contribution in [-0.4, -0.2) is 43.1 Å². The molecule has 0 saturated carbocycles. The third kappa shape index (κ3) is 2.29. The van der Waals surface area contributed by atoms with E-state index in [-0.39, 0.29) is 5.91 Å². The Bertz CT molecular complexity index is 486. The van der Waals surface area contributed by atoms with Crippen molar-refractivity contribution in [1.82, 2.24) is 10.2 Å². The minimum atomic E-state index is 0.148. The first-order chi connectivity index (χ1) is 9.70. The van der Waals surface area contributed by atoms with Gasteiger partial charge < -0.3 is 15.0 Å². The van der Waals surface area contributed by atoms with Gasteiger partial charge in [0, 0.05) is 31.2 Å². The van der Waals surface area contributed by atoms with Gasteiger partial charge in [-0.1, -0.05) is 0 Å². The van der Waals surface area contributed by atoms with Gasteiger partial charge in [-0.05, 0) is 49.9 Å². The Hall–Kier alpha value is -1.55.